The van der Waals surface area contributed by atoms with Crippen molar-refractivity contribution in [3.8, 4) is 0 Å². The van der Waals surface area contributed by atoms with Crippen LogP contribution in [0.5, 0.6) is 0 Å². The first kappa shape index (κ1) is 88.5. The first-order valence-electron chi connectivity index (χ1n) is 32.7. The van der Waals surface area contributed by atoms with Crippen LogP contribution < -0.4 is 27.0 Å². The van der Waals surface area contributed by atoms with Crippen molar-refractivity contribution in [1.82, 2.24) is 21.3 Å². The number of hydrogen-bond acceptors (Lipinski definition) is 17. The highest BCUT2D eigenvalue weighted by molar-refractivity contribution is 5.86. The number of amides is 2. The summed E-state index contributed by atoms with van der Waals surface area (Å²) in [5.41, 5.74) is 1.43. The van der Waals surface area contributed by atoms with Gasteiger partial charge in [0.05, 0.1) is 43.2 Å². The Labute approximate surface area is 528 Å². The number of carbonyl (C=O) groups excluding carboxylic acids is 4. The van der Waals surface area contributed by atoms with Crippen molar-refractivity contribution in [2.24, 2.45) is 82.7 Å². The minimum atomic E-state index is -1.63. The van der Waals surface area contributed by atoms with E-state index in [9.17, 15) is 44.7 Å². The van der Waals surface area contributed by atoms with Gasteiger partial charge in [-0.2, -0.15) is 0 Å². The van der Waals surface area contributed by atoms with Gasteiger partial charge >= 0.3 is 5.97 Å². The Morgan fingerprint density at radius 1 is 0.563 bits per heavy atom. The van der Waals surface area contributed by atoms with E-state index < -0.39 is 65.8 Å². The molecule has 0 aromatic rings. The fourth-order valence-electron chi connectivity index (χ4n) is 11.8. The lowest BCUT2D eigenvalue weighted by Gasteiger charge is -2.47. The zero-order chi connectivity index (χ0) is 68.7. The van der Waals surface area contributed by atoms with Crippen molar-refractivity contribution >= 4 is 30.4 Å². The maximum absolute atomic E-state index is 12.3. The third-order valence-corrected chi connectivity index (χ3v) is 19.1. The lowest BCUT2D eigenvalue weighted by Crippen LogP contribution is -2.63. The molecule has 2 amide bonds. The Hall–Kier alpha value is -2.73. The van der Waals surface area contributed by atoms with Crippen molar-refractivity contribution in [2.75, 3.05) is 54.4 Å². The number of nitrogens with one attached hydrogen (secondary N) is 4. The van der Waals surface area contributed by atoms with E-state index in [0.717, 1.165) is 24.7 Å². The Morgan fingerprint density at radius 2 is 0.897 bits per heavy atom. The topological polar surface area (TPSA) is 318 Å². The maximum Gasteiger partial charge on any atom is 0.335 e. The van der Waals surface area contributed by atoms with Crippen LogP contribution in [0.15, 0.2) is 0 Å². The summed E-state index contributed by atoms with van der Waals surface area (Å²) in [6.45, 7) is 46.9. The molecule has 0 aromatic heterocycles. The Morgan fingerprint density at radius 3 is 1.24 bits per heavy atom. The predicted octanol–water partition coefficient (Wildman–Crippen LogP) is 7.44. The second-order valence-corrected chi connectivity index (χ2v) is 27.8. The molecule has 0 saturated carbocycles. The summed E-state index contributed by atoms with van der Waals surface area (Å²) in [7, 11) is 7.50. The van der Waals surface area contributed by atoms with Crippen LogP contribution in [0.4, 0.5) is 0 Å². The molecule has 0 aromatic carbocycles. The lowest BCUT2D eigenvalue weighted by atomic mass is 9.72. The molecule has 12 N–H and O–H groups in total. The summed E-state index contributed by atoms with van der Waals surface area (Å²) in [5, 5.41) is 68.4. The van der Waals surface area contributed by atoms with Gasteiger partial charge in [0.25, 0.3) is 11.8 Å². The van der Waals surface area contributed by atoms with Crippen LogP contribution in [-0.4, -0.2) is 187 Å². The highest BCUT2D eigenvalue weighted by atomic mass is 16.6. The van der Waals surface area contributed by atoms with Crippen LogP contribution in [0.2, 0.25) is 0 Å². The van der Waals surface area contributed by atoms with Crippen molar-refractivity contribution < 1.29 is 73.6 Å². The number of carbonyl (C=O) groups is 5. The molecule has 518 valence electrons. The SMILES string of the molecule is CC(C)CNC(=O)C1(C)CC(O)C(O)C(C(O)C(O)CO)O1.CC[C@@H](C)[C@@H](C)C1OC(C)(C(=O)NCC=O)CC(C)C1C.CC[C@@H](C)[C@@H](C)C1OC(C)(C(=O)O)CC(C)C1C.CC[C@@H](C)[C@@H](C)C1OC(C)(C)CC(C)C1C.CNC.CNC.NCC=O. The van der Waals surface area contributed by atoms with E-state index in [-0.39, 0.29) is 49.1 Å². The summed E-state index contributed by atoms with van der Waals surface area (Å²) in [6, 6.07) is 0. The third kappa shape index (κ3) is 29.2. The number of carboxylic acid groups (broad SMARTS) is 1. The molecule has 0 aliphatic carbocycles. The second-order valence-electron chi connectivity index (χ2n) is 27.8. The lowest BCUT2D eigenvalue weighted by molar-refractivity contribution is -0.242. The van der Waals surface area contributed by atoms with E-state index in [0.29, 0.717) is 97.2 Å². The Bertz CT molecular complexity index is 1890. The average Bonchev–Trinajstić information content (AvgIpc) is 1.97. The Kier molecular flexibility index (Phi) is 43.9. The molecule has 20 heteroatoms. The van der Waals surface area contributed by atoms with Crippen LogP contribution in [0.3, 0.4) is 0 Å². The molecule has 0 spiro atoms. The Balaban J connectivity index is -0.00000103. The second kappa shape index (κ2) is 43.2. The van der Waals surface area contributed by atoms with Crippen molar-refractivity contribution in [1.29, 1.82) is 0 Å². The van der Waals surface area contributed by atoms with Gasteiger partial charge < -0.3 is 86.2 Å². The molecule has 0 radical (unpaired) electrons. The number of rotatable bonds is 20. The highest BCUT2D eigenvalue weighted by Gasteiger charge is 2.52. The molecular weight excluding hydrogens is 1110 g/mol. The van der Waals surface area contributed by atoms with Gasteiger partial charge in [-0.3, -0.25) is 9.59 Å². The van der Waals surface area contributed by atoms with Gasteiger partial charge in [-0.25, -0.2) is 4.79 Å². The highest BCUT2D eigenvalue weighted by Crippen LogP contribution is 2.44. The van der Waals surface area contributed by atoms with Crippen LogP contribution >= 0.6 is 0 Å². The van der Waals surface area contributed by atoms with Gasteiger partial charge in [0, 0.05) is 19.5 Å². The molecule has 4 heterocycles. The fraction of sp³-hybridized carbons (Fsp3) is 0.925. The van der Waals surface area contributed by atoms with Gasteiger partial charge in [0.1, 0.15) is 48.2 Å². The smallest absolute Gasteiger partial charge is 0.335 e. The average molecular weight is 1250 g/mol. The normalized spacial score (nSPS) is 33.6. The molecule has 4 rings (SSSR count). The number of nitrogens with two attached hydrogens (primary N) is 1. The van der Waals surface area contributed by atoms with Crippen molar-refractivity contribution in [3.05, 3.63) is 0 Å². The van der Waals surface area contributed by atoms with E-state index in [1.54, 1.807) is 6.92 Å². The number of aliphatic hydroxyl groups excluding tert-OH is 5. The molecule has 4 saturated heterocycles. The van der Waals surface area contributed by atoms with Crippen LogP contribution in [0.25, 0.3) is 0 Å². The van der Waals surface area contributed by atoms with E-state index >= 15 is 0 Å². The first-order valence-corrected chi connectivity index (χ1v) is 32.7. The van der Waals surface area contributed by atoms with Gasteiger partial charge in [0.2, 0.25) is 0 Å². The largest absolute Gasteiger partial charge is 0.479 e. The summed E-state index contributed by atoms with van der Waals surface area (Å²) in [6.07, 6.45) is 0.399. The molecule has 0 bridgehead atoms. The molecule has 4 fully saturated rings. The number of aliphatic carboxylic acids is 1. The van der Waals surface area contributed by atoms with E-state index in [4.69, 9.17) is 28.8 Å². The monoisotopic (exact) mass is 1250 g/mol. The molecule has 17 unspecified atom stereocenters. The molecule has 20 nitrogen and oxygen atoms in total. The minimum Gasteiger partial charge on any atom is -0.479 e. The zero-order valence-electron chi connectivity index (χ0n) is 59.5. The number of hydrogen-bond donors (Lipinski definition) is 11. The summed E-state index contributed by atoms with van der Waals surface area (Å²) in [4.78, 5) is 55.5. The van der Waals surface area contributed by atoms with Crippen LogP contribution in [-0.2, 0) is 42.9 Å². The quantitative estimate of drug-likeness (QED) is 0.0528. The third-order valence-electron chi connectivity index (χ3n) is 19.1. The zero-order valence-corrected chi connectivity index (χ0v) is 59.5. The first-order chi connectivity index (χ1) is 40.1. The predicted molar refractivity (Wildman–Crippen MR) is 349 cm³/mol. The maximum atomic E-state index is 12.3. The standard InChI is InChI=1S/C17H31NO3.C15H28O3.C15H30O.C14H27NO7.C2H5NO.2C2H7N/c1-7-11(2)13(4)15-14(5)12(3)10-17(6,21-15)16(20)18-8-9-19;1-7-9(2)11(4)13-12(5)10(3)8-15(6,18-13)14(16)17;1-8-10(2)12(4)14-13(5)11(3)9-15(6,7)16-14;1-7(2)5-15-13(21)14(3)4-8(17)10(19)12(22-14)11(20)9(18)6-16;3-1-2-4;2*1-3-2/h9,11-15H,7-8,10H2,1-6H3,(H,18,20);9-13H,7-8H2,1-6H3,(H,16,17);10-14H,8-9H2,1-7H3;7-12,16-20H,4-6H2,1-3H3,(H,15,21);2H,1,3H2;2*3H,1-2H3/t11-,12?,13-,14?,15?,17?;9-,10?,11-,12?,13?,15?;10-,11?,12-,13?,14?;;;;/m111..../s1. The van der Waals surface area contributed by atoms with Crippen molar-refractivity contribution in [3.63, 3.8) is 0 Å². The molecular formula is C67H135N5O15. The number of aliphatic hydroxyl groups is 5. The molecule has 4 aliphatic rings. The van der Waals surface area contributed by atoms with Crippen LogP contribution in [0.1, 0.15) is 197 Å². The van der Waals surface area contributed by atoms with E-state index in [2.05, 4.69) is 145 Å². The molecule has 87 heavy (non-hydrogen) atoms. The van der Waals surface area contributed by atoms with Gasteiger partial charge in [-0.1, -0.05) is 137 Å². The fourth-order valence-corrected chi connectivity index (χ4v) is 11.8. The summed E-state index contributed by atoms with van der Waals surface area (Å²) in [5.74, 6) is 5.22. The minimum absolute atomic E-state index is 0.0461. The van der Waals surface area contributed by atoms with E-state index in [1.807, 2.05) is 49.0 Å². The molecule has 4 aliphatic heterocycles. The van der Waals surface area contributed by atoms with Gasteiger partial charge in [-0.05, 0) is 159 Å². The summed E-state index contributed by atoms with van der Waals surface area (Å²) >= 11 is 0. The molecule has 23 atom stereocenters. The van der Waals surface area contributed by atoms with Gasteiger partial charge in [-0.15, -0.1) is 0 Å². The number of carboxylic acids is 1. The van der Waals surface area contributed by atoms with Crippen LogP contribution in [0, 0.1) is 76.9 Å². The summed E-state index contributed by atoms with van der Waals surface area (Å²) < 4.78 is 24.1. The number of aldehydes is 2. The number of ether oxygens (including phenoxy) is 4. The van der Waals surface area contributed by atoms with E-state index in [1.165, 1.54) is 19.8 Å². The van der Waals surface area contributed by atoms with Gasteiger partial charge in [0.15, 0.2) is 5.60 Å². The van der Waals surface area contributed by atoms with Crippen molar-refractivity contribution in [2.45, 2.75) is 269 Å².